The monoisotopic (exact) mass is 181 g/mol. The lowest BCUT2D eigenvalue weighted by Crippen LogP contribution is -2.29. The quantitative estimate of drug-likeness (QED) is 0.632. The maximum atomic E-state index is 11.3. The van der Waals surface area contributed by atoms with Crippen molar-refractivity contribution in [2.75, 3.05) is 6.54 Å². The fourth-order valence-electron chi connectivity index (χ4n) is 0.980. The summed E-state index contributed by atoms with van der Waals surface area (Å²) in [5, 5.41) is 2.77. The molecule has 4 nitrogen and oxygen atoms in total. The lowest BCUT2D eigenvalue weighted by molar-refractivity contribution is 0.0948. The molecule has 1 amide bonds. The SMILES string of the molecule is CC(N)CCNC(=O)c1ccc[nH]1. The third-order valence-electron chi connectivity index (χ3n) is 1.73. The van der Waals surface area contributed by atoms with Gasteiger partial charge in [0.1, 0.15) is 5.69 Å². The number of amides is 1. The number of aromatic amines is 1. The first-order valence-corrected chi connectivity index (χ1v) is 4.37. The number of H-pyrrole nitrogens is 1. The average molecular weight is 181 g/mol. The molecular formula is C9H15N3O. The second kappa shape index (κ2) is 4.67. The molecule has 0 aliphatic heterocycles. The normalized spacial score (nSPS) is 12.5. The van der Waals surface area contributed by atoms with E-state index in [4.69, 9.17) is 5.73 Å². The Bertz CT molecular complexity index is 254. The van der Waals surface area contributed by atoms with E-state index in [1.54, 1.807) is 18.3 Å². The Morgan fingerprint density at radius 3 is 3.08 bits per heavy atom. The molecule has 1 unspecified atom stereocenters. The van der Waals surface area contributed by atoms with Crippen LogP contribution in [-0.2, 0) is 0 Å². The highest BCUT2D eigenvalue weighted by Gasteiger charge is 2.04. The molecule has 4 heteroatoms. The van der Waals surface area contributed by atoms with E-state index < -0.39 is 0 Å². The van der Waals surface area contributed by atoms with Gasteiger partial charge in [0.25, 0.3) is 5.91 Å². The summed E-state index contributed by atoms with van der Waals surface area (Å²) in [6.07, 6.45) is 2.52. The van der Waals surface area contributed by atoms with E-state index in [0.29, 0.717) is 12.2 Å². The molecule has 0 saturated carbocycles. The second-order valence-corrected chi connectivity index (χ2v) is 3.11. The van der Waals surface area contributed by atoms with Gasteiger partial charge in [0.2, 0.25) is 0 Å². The van der Waals surface area contributed by atoms with Gasteiger partial charge in [-0.2, -0.15) is 0 Å². The predicted molar refractivity (Wildman–Crippen MR) is 51.4 cm³/mol. The Kier molecular flexibility index (Phi) is 3.52. The Morgan fingerprint density at radius 1 is 1.77 bits per heavy atom. The van der Waals surface area contributed by atoms with Crippen molar-refractivity contribution in [2.24, 2.45) is 5.73 Å². The molecule has 1 aromatic heterocycles. The molecule has 1 rings (SSSR count). The van der Waals surface area contributed by atoms with Gasteiger partial charge in [0.15, 0.2) is 0 Å². The minimum Gasteiger partial charge on any atom is -0.357 e. The second-order valence-electron chi connectivity index (χ2n) is 3.11. The van der Waals surface area contributed by atoms with Crippen LogP contribution in [0.4, 0.5) is 0 Å². The Morgan fingerprint density at radius 2 is 2.54 bits per heavy atom. The van der Waals surface area contributed by atoms with Gasteiger partial charge in [-0.25, -0.2) is 0 Å². The molecule has 0 radical (unpaired) electrons. The third-order valence-corrected chi connectivity index (χ3v) is 1.73. The van der Waals surface area contributed by atoms with E-state index in [1.807, 2.05) is 6.92 Å². The minimum atomic E-state index is -0.0781. The van der Waals surface area contributed by atoms with Gasteiger partial charge >= 0.3 is 0 Å². The summed E-state index contributed by atoms with van der Waals surface area (Å²) in [7, 11) is 0. The van der Waals surface area contributed by atoms with Gasteiger partial charge in [0.05, 0.1) is 0 Å². The number of carbonyl (C=O) groups excluding carboxylic acids is 1. The van der Waals surface area contributed by atoms with Crippen LogP contribution in [0.3, 0.4) is 0 Å². The van der Waals surface area contributed by atoms with Gasteiger partial charge in [0, 0.05) is 18.8 Å². The van der Waals surface area contributed by atoms with E-state index in [0.717, 1.165) is 6.42 Å². The zero-order chi connectivity index (χ0) is 9.68. The number of hydrogen-bond donors (Lipinski definition) is 3. The van der Waals surface area contributed by atoms with Crippen LogP contribution in [0.2, 0.25) is 0 Å². The number of aromatic nitrogens is 1. The zero-order valence-electron chi connectivity index (χ0n) is 7.71. The number of nitrogens with two attached hydrogens (primary N) is 1. The van der Waals surface area contributed by atoms with Crippen LogP contribution in [-0.4, -0.2) is 23.5 Å². The van der Waals surface area contributed by atoms with E-state index in [2.05, 4.69) is 10.3 Å². The molecule has 0 fully saturated rings. The Hall–Kier alpha value is -1.29. The van der Waals surface area contributed by atoms with Crippen molar-refractivity contribution in [3.63, 3.8) is 0 Å². The summed E-state index contributed by atoms with van der Waals surface area (Å²) in [6.45, 7) is 2.54. The average Bonchev–Trinajstić information content (AvgIpc) is 2.55. The highest BCUT2D eigenvalue weighted by Crippen LogP contribution is 1.93. The topological polar surface area (TPSA) is 70.9 Å². The summed E-state index contributed by atoms with van der Waals surface area (Å²) >= 11 is 0. The van der Waals surface area contributed by atoms with Crippen LogP contribution in [0.25, 0.3) is 0 Å². The number of rotatable bonds is 4. The molecule has 1 atom stereocenters. The van der Waals surface area contributed by atoms with Crippen LogP contribution < -0.4 is 11.1 Å². The molecule has 72 valence electrons. The molecular weight excluding hydrogens is 166 g/mol. The lowest BCUT2D eigenvalue weighted by Gasteiger charge is -2.05. The van der Waals surface area contributed by atoms with Gasteiger partial charge in [-0.1, -0.05) is 0 Å². The molecule has 0 aliphatic rings. The van der Waals surface area contributed by atoms with Gasteiger partial charge < -0.3 is 16.0 Å². The van der Waals surface area contributed by atoms with Crippen molar-refractivity contribution in [1.29, 1.82) is 0 Å². The fraction of sp³-hybridized carbons (Fsp3) is 0.444. The van der Waals surface area contributed by atoms with Crippen molar-refractivity contribution in [3.8, 4) is 0 Å². The Balaban J connectivity index is 2.27. The first-order chi connectivity index (χ1) is 6.20. The molecule has 1 aromatic rings. The summed E-state index contributed by atoms with van der Waals surface area (Å²) < 4.78 is 0. The highest BCUT2D eigenvalue weighted by atomic mass is 16.1. The molecule has 0 aliphatic carbocycles. The molecule has 4 N–H and O–H groups in total. The first kappa shape index (κ1) is 9.80. The maximum Gasteiger partial charge on any atom is 0.267 e. The van der Waals surface area contributed by atoms with Crippen molar-refractivity contribution in [3.05, 3.63) is 24.0 Å². The van der Waals surface area contributed by atoms with E-state index in [-0.39, 0.29) is 11.9 Å². The summed E-state index contributed by atoms with van der Waals surface area (Å²) in [6, 6.07) is 3.66. The first-order valence-electron chi connectivity index (χ1n) is 4.37. The van der Waals surface area contributed by atoms with Crippen LogP contribution in [0.5, 0.6) is 0 Å². The molecule has 0 spiro atoms. The smallest absolute Gasteiger partial charge is 0.267 e. The molecule has 0 aromatic carbocycles. The number of nitrogens with one attached hydrogen (secondary N) is 2. The summed E-state index contributed by atoms with van der Waals surface area (Å²) in [4.78, 5) is 14.1. The highest BCUT2D eigenvalue weighted by molar-refractivity contribution is 5.92. The van der Waals surface area contributed by atoms with Crippen LogP contribution in [0, 0.1) is 0 Å². The number of carbonyl (C=O) groups is 1. The fourth-order valence-corrected chi connectivity index (χ4v) is 0.980. The summed E-state index contributed by atoms with van der Waals surface area (Å²) in [5.41, 5.74) is 6.13. The lowest BCUT2D eigenvalue weighted by atomic mass is 10.2. The zero-order valence-corrected chi connectivity index (χ0v) is 7.71. The molecule has 0 saturated heterocycles. The van der Waals surface area contributed by atoms with Gasteiger partial charge in [-0.3, -0.25) is 4.79 Å². The van der Waals surface area contributed by atoms with Crippen molar-refractivity contribution in [1.82, 2.24) is 10.3 Å². The standard InChI is InChI=1S/C9H15N3O/c1-7(10)4-6-12-9(13)8-3-2-5-11-8/h2-3,5,7,11H,4,6,10H2,1H3,(H,12,13). The number of hydrogen-bond acceptors (Lipinski definition) is 2. The molecule has 13 heavy (non-hydrogen) atoms. The van der Waals surface area contributed by atoms with Crippen LogP contribution >= 0.6 is 0 Å². The van der Waals surface area contributed by atoms with Crippen molar-refractivity contribution >= 4 is 5.91 Å². The van der Waals surface area contributed by atoms with E-state index >= 15 is 0 Å². The van der Waals surface area contributed by atoms with Crippen LogP contribution in [0.1, 0.15) is 23.8 Å². The summed E-state index contributed by atoms with van der Waals surface area (Å²) in [5.74, 6) is -0.0781. The van der Waals surface area contributed by atoms with Gasteiger partial charge in [-0.15, -0.1) is 0 Å². The van der Waals surface area contributed by atoms with E-state index in [9.17, 15) is 4.79 Å². The van der Waals surface area contributed by atoms with E-state index in [1.165, 1.54) is 0 Å². The maximum absolute atomic E-state index is 11.3. The third kappa shape index (κ3) is 3.29. The molecule has 1 heterocycles. The van der Waals surface area contributed by atoms with Crippen molar-refractivity contribution in [2.45, 2.75) is 19.4 Å². The minimum absolute atomic E-state index is 0.0781. The molecule has 0 bridgehead atoms. The van der Waals surface area contributed by atoms with Gasteiger partial charge in [-0.05, 0) is 25.5 Å². The Labute approximate surface area is 77.5 Å². The van der Waals surface area contributed by atoms with Crippen molar-refractivity contribution < 1.29 is 4.79 Å². The van der Waals surface area contributed by atoms with Crippen LogP contribution in [0.15, 0.2) is 18.3 Å². The predicted octanol–water partition coefficient (Wildman–Crippen LogP) is 0.482. The largest absolute Gasteiger partial charge is 0.357 e.